The van der Waals surface area contributed by atoms with Gasteiger partial charge in [-0.3, -0.25) is 0 Å². The molecule has 0 bridgehead atoms. The Morgan fingerprint density at radius 2 is 1.54 bits per heavy atom. The van der Waals surface area contributed by atoms with Gasteiger partial charge in [-0.25, -0.2) is 9.59 Å². The number of carbonyl (C=O) groups excluding carboxylic acids is 2. The Kier molecular flexibility index (Phi) is 5.54. The van der Waals surface area contributed by atoms with E-state index in [0.717, 1.165) is 26.7 Å². The molecule has 0 spiro atoms. The average molecular weight is 399 g/mol. The molecule has 0 saturated carbocycles. The molecule has 1 heterocycles. The Hall–Kier alpha value is -1.86. The molecule has 0 N–H and O–H groups in total. The first-order valence-electron chi connectivity index (χ1n) is 8.10. The van der Waals surface area contributed by atoms with Gasteiger partial charge >= 0.3 is 12.2 Å². The summed E-state index contributed by atoms with van der Waals surface area (Å²) in [5.41, 5.74) is -0.737. The van der Waals surface area contributed by atoms with E-state index in [1.165, 1.54) is 0 Å². The molecule has 0 aliphatic carbocycles. The monoisotopic (exact) mass is 398 g/mol. The van der Waals surface area contributed by atoms with Gasteiger partial charge in [-0.1, -0.05) is 11.6 Å². The minimum atomic E-state index is -0.841. The third kappa shape index (κ3) is 4.86. The zero-order chi connectivity index (χ0) is 19.9. The number of hydrogen-bond donors (Lipinski definition) is 0. The minimum Gasteiger partial charge on any atom is -0.443 e. The Morgan fingerprint density at radius 1 is 1.04 bits per heavy atom. The first-order valence-corrected chi connectivity index (χ1v) is 9.25. The van der Waals surface area contributed by atoms with Crippen LogP contribution in [0.4, 0.5) is 15.4 Å². The topological polar surface area (TPSA) is 68.7 Å². The van der Waals surface area contributed by atoms with Crippen LogP contribution in [0.5, 0.6) is 0 Å². The van der Waals surface area contributed by atoms with E-state index in [1.54, 1.807) is 53.7 Å². The van der Waals surface area contributed by atoms with Gasteiger partial charge in [0.25, 0.3) is 0 Å². The Labute approximate surface area is 162 Å². The van der Waals surface area contributed by atoms with Crippen molar-refractivity contribution in [2.24, 2.45) is 0 Å². The summed E-state index contributed by atoms with van der Waals surface area (Å²) in [4.78, 5) is 26.3. The lowest BCUT2D eigenvalue weighted by molar-refractivity contribution is 0.0430. The summed E-state index contributed by atoms with van der Waals surface area (Å²) >= 11 is 7.30. The van der Waals surface area contributed by atoms with E-state index in [4.69, 9.17) is 21.1 Å². The molecular formula is C18H23ClN2O4S. The number of hydrogen-bond acceptors (Lipinski definition) is 6. The maximum atomic E-state index is 12.7. The van der Waals surface area contributed by atoms with Crippen molar-refractivity contribution in [3.63, 3.8) is 0 Å². The number of carbonyl (C=O) groups is 2. The summed E-state index contributed by atoms with van der Waals surface area (Å²) in [6, 6.07) is 3.55. The summed E-state index contributed by atoms with van der Waals surface area (Å²) in [6.45, 7) is 12.2. The molecular weight excluding hydrogens is 376 g/mol. The van der Waals surface area contributed by atoms with Gasteiger partial charge in [0.15, 0.2) is 5.82 Å². The highest BCUT2D eigenvalue weighted by Gasteiger charge is 2.35. The van der Waals surface area contributed by atoms with Crippen molar-refractivity contribution in [2.75, 3.05) is 4.90 Å². The van der Waals surface area contributed by atoms with Gasteiger partial charge in [-0.05, 0) is 77.7 Å². The Balaban J connectivity index is 2.55. The lowest BCUT2D eigenvalue weighted by Crippen LogP contribution is -2.44. The fourth-order valence-electron chi connectivity index (χ4n) is 2.08. The van der Waals surface area contributed by atoms with Crippen LogP contribution in [0.1, 0.15) is 47.1 Å². The number of aryl methyl sites for hydroxylation is 1. The number of benzene rings is 1. The number of aromatic nitrogens is 1. The summed E-state index contributed by atoms with van der Waals surface area (Å²) in [6.07, 6.45) is -1.68. The van der Waals surface area contributed by atoms with Crippen molar-refractivity contribution in [1.29, 1.82) is 0 Å². The minimum absolute atomic E-state index is 0.174. The number of rotatable bonds is 1. The lowest BCUT2D eigenvalue weighted by Gasteiger charge is -2.27. The van der Waals surface area contributed by atoms with Crippen LogP contribution in [-0.2, 0) is 9.47 Å². The smallest absolute Gasteiger partial charge is 0.425 e. The molecule has 0 aliphatic rings. The molecule has 1 aromatic carbocycles. The summed E-state index contributed by atoms with van der Waals surface area (Å²) in [5, 5.41) is 1.22. The molecule has 0 atom stereocenters. The summed E-state index contributed by atoms with van der Waals surface area (Å²) in [7, 11) is 0. The van der Waals surface area contributed by atoms with Gasteiger partial charge in [0.05, 0.1) is 4.70 Å². The highest BCUT2D eigenvalue weighted by Crippen LogP contribution is 2.35. The van der Waals surface area contributed by atoms with E-state index in [0.29, 0.717) is 10.4 Å². The standard InChI is InChI=1S/C18H23ClN2O4S/c1-10-8-11-13(9-12(10)19)26-20-14(11)21(15(22)24-17(2,3)4)16(23)25-18(5,6)7/h8-9H,1-7H3. The Morgan fingerprint density at radius 3 is 2.00 bits per heavy atom. The van der Waals surface area contributed by atoms with Gasteiger partial charge in [0.1, 0.15) is 11.2 Å². The number of imide groups is 1. The number of nitrogens with zero attached hydrogens (tertiary/aromatic N) is 2. The maximum absolute atomic E-state index is 12.7. The van der Waals surface area contributed by atoms with E-state index < -0.39 is 23.4 Å². The predicted octanol–water partition coefficient (Wildman–Crippen LogP) is 5.93. The second-order valence-corrected chi connectivity index (χ2v) is 9.11. The fraction of sp³-hybridized carbons (Fsp3) is 0.500. The maximum Gasteiger partial charge on any atom is 0.425 e. The lowest BCUT2D eigenvalue weighted by atomic mass is 10.2. The van der Waals surface area contributed by atoms with Crippen LogP contribution < -0.4 is 4.90 Å². The zero-order valence-electron chi connectivity index (χ0n) is 16.0. The molecule has 142 valence electrons. The molecule has 0 fully saturated rings. The van der Waals surface area contributed by atoms with Crippen LogP contribution in [0.25, 0.3) is 10.1 Å². The number of fused-ring (bicyclic) bond motifs is 1. The van der Waals surface area contributed by atoms with Gasteiger partial charge in [-0.15, -0.1) is 0 Å². The molecule has 0 aliphatic heterocycles. The highest BCUT2D eigenvalue weighted by molar-refractivity contribution is 7.13. The summed E-state index contributed by atoms with van der Waals surface area (Å²) in [5.74, 6) is 0.174. The molecule has 6 nitrogen and oxygen atoms in total. The SMILES string of the molecule is Cc1cc2c(N(C(=O)OC(C)(C)C)C(=O)OC(C)(C)C)nsc2cc1Cl. The van der Waals surface area contributed by atoms with Crippen LogP contribution in [-0.4, -0.2) is 27.8 Å². The molecule has 2 rings (SSSR count). The average Bonchev–Trinajstić information content (AvgIpc) is 2.78. The van der Waals surface area contributed by atoms with Crippen molar-refractivity contribution >= 4 is 51.2 Å². The van der Waals surface area contributed by atoms with Gasteiger partial charge < -0.3 is 9.47 Å². The van der Waals surface area contributed by atoms with Gasteiger partial charge in [0, 0.05) is 10.4 Å². The van der Waals surface area contributed by atoms with Crippen molar-refractivity contribution in [1.82, 2.24) is 4.37 Å². The van der Waals surface area contributed by atoms with E-state index in [-0.39, 0.29) is 5.82 Å². The van der Waals surface area contributed by atoms with Crippen molar-refractivity contribution in [2.45, 2.75) is 59.7 Å². The predicted molar refractivity (Wildman–Crippen MR) is 104 cm³/mol. The van der Waals surface area contributed by atoms with Crippen LogP contribution in [0.2, 0.25) is 5.02 Å². The molecule has 0 unspecified atom stereocenters. The molecule has 26 heavy (non-hydrogen) atoms. The van der Waals surface area contributed by atoms with E-state index in [9.17, 15) is 9.59 Å². The number of ether oxygens (including phenoxy) is 2. The van der Waals surface area contributed by atoms with Crippen LogP contribution in [0.3, 0.4) is 0 Å². The van der Waals surface area contributed by atoms with Crippen molar-refractivity contribution in [3.8, 4) is 0 Å². The van der Waals surface area contributed by atoms with Crippen molar-refractivity contribution < 1.29 is 19.1 Å². The van der Waals surface area contributed by atoms with Crippen molar-refractivity contribution in [3.05, 3.63) is 22.7 Å². The number of amides is 2. The molecule has 0 radical (unpaired) electrons. The molecule has 2 amide bonds. The second-order valence-electron chi connectivity index (χ2n) is 7.90. The first kappa shape index (κ1) is 20.5. The molecule has 1 aromatic heterocycles. The number of halogens is 1. The largest absolute Gasteiger partial charge is 0.443 e. The van der Waals surface area contributed by atoms with Gasteiger partial charge in [0.2, 0.25) is 0 Å². The van der Waals surface area contributed by atoms with E-state index in [2.05, 4.69) is 4.37 Å². The quantitative estimate of drug-likeness (QED) is 0.595. The molecule has 8 heteroatoms. The van der Waals surface area contributed by atoms with Crippen LogP contribution in [0, 0.1) is 6.92 Å². The highest BCUT2D eigenvalue weighted by atomic mass is 35.5. The van der Waals surface area contributed by atoms with Gasteiger partial charge in [-0.2, -0.15) is 9.27 Å². The second kappa shape index (κ2) is 7.04. The number of anilines is 1. The molecule has 2 aromatic rings. The first-order chi connectivity index (χ1) is 11.8. The van der Waals surface area contributed by atoms with E-state index in [1.807, 2.05) is 6.92 Å². The fourth-order valence-corrected chi connectivity index (χ4v) is 3.09. The normalized spacial score (nSPS) is 12.2. The Bertz CT molecular complexity index is 821. The zero-order valence-corrected chi connectivity index (χ0v) is 17.5. The summed E-state index contributed by atoms with van der Waals surface area (Å²) < 4.78 is 15.8. The van der Waals surface area contributed by atoms with Crippen LogP contribution >= 0.6 is 23.1 Å². The van der Waals surface area contributed by atoms with E-state index >= 15 is 0 Å². The third-order valence-electron chi connectivity index (χ3n) is 3.10. The third-order valence-corrected chi connectivity index (χ3v) is 4.30. The molecule has 0 saturated heterocycles. The van der Waals surface area contributed by atoms with Crippen LogP contribution in [0.15, 0.2) is 12.1 Å².